The van der Waals surface area contributed by atoms with Crippen LogP contribution in [0.15, 0.2) is 0 Å². The Morgan fingerprint density at radius 3 is 2.71 bits per heavy atom. The summed E-state index contributed by atoms with van der Waals surface area (Å²) in [5, 5.41) is 4.45. The van der Waals surface area contributed by atoms with Crippen molar-refractivity contribution < 1.29 is 0 Å². The number of thioether (sulfide) groups is 1. The fraction of sp³-hybridized carbons (Fsp3) is 1.00. The predicted molar refractivity (Wildman–Crippen MR) is 79.9 cm³/mol. The first-order valence-corrected chi connectivity index (χ1v) is 8.31. The quantitative estimate of drug-likeness (QED) is 0.756. The van der Waals surface area contributed by atoms with Crippen LogP contribution in [0.2, 0.25) is 0 Å². The molecular formula is C14H30N2S. The van der Waals surface area contributed by atoms with Gasteiger partial charge in [0, 0.05) is 37.5 Å². The number of rotatable bonds is 7. The van der Waals surface area contributed by atoms with Crippen LogP contribution in [0.5, 0.6) is 0 Å². The molecule has 0 radical (unpaired) electrons. The lowest BCUT2D eigenvalue weighted by Crippen LogP contribution is -2.56. The monoisotopic (exact) mass is 258 g/mol. The van der Waals surface area contributed by atoms with E-state index in [0.29, 0.717) is 6.04 Å². The number of hydrogen-bond acceptors (Lipinski definition) is 3. The van der Waals surface area contributed by atoms with E-state index in [-0.39, 0.29) is 0 Å². The zero-order chi connectivity index (χ0) is 12.7. The van der Waals surface area contributed by atoms with Gasteiger partial charge in [-0.25, -0.2) is 0 Å². The van der Waals surface area contributed by atoms with E-state index in [4.69, 9.17) is 0 Å². The zero-order valence-electron chi connectivity index (χ0n) is 12.0. The molecule has 0 saturated carbocycles. The largest absolute Gasteiger partial charge is 0.311 e. The van der Waals surface area contributed by atoms with Crippen LogP contribution in [0.3, 0.4) is 0 Å². The van der Waals surface area contributed by atoms with Crippen molar-refractivity contribution in [2.75, 3.05) is 25.4 Å². The number of hydrogen-bond donors (Lipinski definition) is 1. The lowest BCUT2D eigenvalue weighted by molar-refractivity contribution is 0.129. The highest BCUT2D eigenvalue weighted by Crippen LogP contribution is 2.16. The summed E-state index contributed by atoms with van der Waals surface area (Å²) >= 11 is 2.09. The molecule has 102 valence electrons. The summed E-state index contributed by atoms with van der Waals surface area (Å²) in [5.74, 6) is 1.29. The maximum absolute atomic E-state index is 3.68. The van der Waals surface area contributed by atoms with Gasteiger partial charge in [-0.3, -0.25) is 4.90 Å². The summed E-state index contributed by atoms with van der Waals surface area (Å²) in [4.78, 5) is 2.73. The van der Waals surface area contributed by atoms with Crippen molar-refractivity contribution in [3.63, 3.8) is 0 Å². The Labute approximate surface area is 112 Å². The van der Waals surface area contributed by atoms with E-state index in [0.717, 1.165) is 11.3 Å². The van der Waals surface area contributed by atoms with Crippen LogP contribution in [-0.4, -0.2) is 47.6 Å². The molecule has 0 amide bonds. The lowest BCUT2D eigenvalue weighted by Gasteiger charge is -2.40. The standard InChI is InChI=1S/C14H30N2S/c1-5-7-14-10-15-13(6-2)11-16(14)8-9-17-12(3)4/h12-15H,5-11H2,1-4H3. The Morgan fingerprint density at radius 2 is 2.12 bits per heavy atom. The third-order valence-corrected chi connectivity index (χ3v) is 4.64. The van der Waals surface area contributed by atoms with E-state index < -0.39 is 0 Å². The number of nitrogens with one attached hydrogen (secondary N) is 1. The molecule has 3 heteroatoms. The van der Waals surface area contributed by atoms with Crippen molar-refractivity contribution in [3.8, 4) is 0 Å². The van der Waals surface area contributed by atoms with Crippen LogP contribution in [-0.2, 0) is 0 Å². The Balaban J connectivity index is 2.37. The van der Waals surface area contributed by atoms with Gasteiger partial charge in [0.2, 0.25) is 0 Å². The molecule has 1 aliphatic rings. The topological polar surface area (TPSA) is 15.3 Å². The number of piperazine rings is 1. The summed E-state index contributed by atoms with van der Waals surface area (Å²) in [6.45, 7) is 12.9. The Bertz CT molecular complexity index is 197. The van der Waals surface area contributed by atoms with Gasteiger partial charge in [-0.15, -0.1) is 0 Å². The Morgan fingerprint density at radius 1 is 1.35 bits per heavy atom. The molecule has 0 aromatic carbocycles. The van der Waals surface area contributed by atoms with Gasteiger partial charge in [0.25, 0.3) is 0 Å². The van der Waals surface area contributed by atoms with Crippen LogP contribution in [0.4, 0.5) is 0 Å². The highest BCUT2D eigenvalue weighted by molar-refractivity contribution is 7.99. The van der Waals surface area contributed by atoms with Crippen LogP contribution >= 0.6 is 11.8 Å². The molecule has 1 fully saturated rings. The number of nitrogens with zero attached hydrogens (tertiary/aromatic N) is 1. The van der Waals surface area contributed by atoms with Crippen molar-refractivity contribution in [1.82, 2.24) is 10.2 Å². The maximum Gasteiger partial charge on any atom is 0.0221 e. The molecule has 1 heterocycles. The second kappa shape index (κ2) is 8.39. The van der Waals surface area contributed by atoms with Crippen molar-refractivity contribution in [2.24, 2.45) is 0 Å². The van der Waals surface area contributed by atoms with Gasteiger partial charge in [-0.05, 0) is 18.1 Å². The first-order valence-electron chi connectivity index (χ1n) is 7.26. The first kappa shape index (κ1) is 15.3. The minimum absolute atomic E-state index is 0.715. The lowest BCUT2D eigenvalue weighted by atomic mass is 10.0. The Kier molecular flexibility index (Phi) is 7.56. The van der Waals surface area contributed by atoms with E-state index in [1.807, 2.05) is 0 Å². The molecule has 1 N–H and O–H groups in total. The van der Waals surface area contributed by atoms with E-state index in [1.54, 1.807) is 0 Å². The van der Waals surface area contributed by atoms with Gasteiger partial charge in [-0.2, -0.15) is 11.8 Å². The average Bonchev–Trinajstić information content (AvgIpc) is 2.31. The fourth-order valence-electron chi connectivity index (χ4n) is 2.50. The predicted octanol–water partition coefficient (Wildman–Crippen LogP) is 2.98. The van der Waals surface area contributed by atoms with Crippen molar-refractivity contribution in [2.45, 2.75) is 64.3 Å². The van der Waals surface area contributed by atoms with Crippen molar-refractivity contribution in [3.05, 3.63) is 0 Å². The van der Waals surface area contributed by atoms with E-state index in [1.165, 1.54) is 44.6 Å². The first-order chi connectivity index (χ1) is 8.17. The molecule has 1 saturated heterocycles. The van der Waals surface area contributed by atoms with Crippen molar-refractivity contribution in [1.29, 1.82) is 0 Å². The van der Waals surface area contributed by atoms with E-state index >= 15 is 0 Å². The molecular weight excluding hydrogens is 228 g/mol. The van der Waals surface area contributed by atoms with Crippen LogP contribution < -0.4 is 5.32 Å². The van der Waals surface area contributed by atoms with Crippen LogP contribution in [0.25, 0.3) is 0 Å². The van der Waals surface area contributed by atoms with Crippen LogP contribution in [0, 0.1) is 0 Å². The SMILES string of the molecule is CCCC1CNC(CC)CN1CCSC(C)C. The molecule has 1 aliphatic heterocycles. The molecule has 2 nitrogen and oxygen atoms in total. The summed E-state index contributed by atoms with van der Waals surface area (Å²) in [7, 11) is 0. The van der Waals surface area contributed by atoms with Gasteiger partial charge in [0.15, 0.2) is 0 Å². The molecule has 1 rings (SSSR count). The Hall–Kier alpha value is 0.270. The maximum atomic E-state index is 3.68. The normalized spacial score (nSPS) is 26.6. The van der Waals surface area contributed by atoms with Gasteiger partial charge < -0.3 is 5.32 Å². The molecule has 0 aromatic rings. The summed E-state index contributed by atoms with van der Waals surface area (Å²) < 4.78 is 0. The second-order valence-corrected chi connectivity index (χ2v) is 7.05. The second-order valence-electron chi connectivity index (χ2n) is 5.37. The van der Waals surface area contributed by atoms with Gasteiger partial charge in [0.1, 0.15) is 0 Å². The van der Waals surface area contributed by atoms with Crippen molar-refractivity contribution >= 4 is 11.8 Å². The third-order valence-electron chi connectivity index (χ3n) is 3.56. The van der Waals surface area contributed by atoms with Gasteiger partial charge in [-0.1, -0.05) is 34.1 Å². The molecule has 17 heavy (non-hydrogen) atoms. The minimum Gasteiger partial charge on any atom is -0.311 e. The summed E-state index contributed by atoms with van der Waals surface area (Å²) in [6, 6.07) is 1.49. The fourth-order valence-corrected chi connectivity index (χ4v) is 3.31. The third kappa shape index (κ3) is 5.62. The summed E-state index contributed by atoms with van der Waals surface area (Å²) in [6.07, 6.45) is 3.90. The van der Waals surface area contributed by atoms with Crippen LogP contribution in [0.1, 0.15) is 47.0 Å². The van der Waals surface area contributed by atoms with Gasteiger partial charge in [0.05, 0.1) is 0 Å². The molecule has 2 atom stereocenters. The highest BCUT2D eigenvalue weighted by atomic mass is 32.2. The minimum atomic E-state index is 0.715. The molecule has 2 unspecified atom stereocenters. The molecule has 0 bridgehead atoms. The average molecular weight is 258 g/mol. The van der Waals surface area contributed by atoms with E-state index in [9.17, 15) is 0 Å². The molecule has 0 spiro atoms. The summed E-state index contributed by atoms with van der Waals surface area (Å²) in [5.41, 5.74) is 0. The molecule has 0 aromatic heterocycles. The molecule has 0 aliphatic carbocycles. The smallest absolute Gasteiger partial charge is 0.0221 e. The zero-order valence-corrected chi connectivity index (χ0v) is 12.9. The highest BCUT2D eigenvalue weighted by Gasteiger charge is 2.25. The van der Waals surface area contributed by atoms with E-state index in [2.05, 4.69) is 49.7 Å². The van der Waals surface area contributed by atoms with Gasteiger partial charge >= 0.3 is 0 Å².